The minimum absolute atomic E-state index is 0.0218. The average Bonchev–Trinajstić information content (AvgIpc) is 2.55. The smallest absolute Gasteiger partial charge is 0.207 e. The van der Waals surface area contributed by atoms with Crippen molar-refractivity contribution in [3.63, 3.8) is 0 Å². The maximum Gasteiger partial charge on any atom is 0.240 e. The number of alkyl halides is 1. The monoisotopic (exact) mass is 409 g/mol. The Kier molecular flexibility index (Phi) is 5.45. The quantitative estimate of drug-likeness (QED) is 0.608. The molecule has 0 heterocycles. The highest BCUT2D eigenvalue weighted by Gasteiger charge is 2.26. The van der Waals surface area contributed by atoms with Gasteiger partial charge in [0, 0.05) is 15.3 Å². The van der Waals surface area contributed by atoms with Crippen molar-refractivity contribution in [1.82, 2.24) is 4.72 Å². The molecule has 0 bridgehead atoms. The SMILES string of the molecule is O=S(=O)(NC1CCCCCC1Br)c1cccc(Br)c1. The fraction of sp³-hybridized carbons (Fsp3) is 0.538. The number of hydrogen-bond donors (Lipinski definition) is 1. The zero-order chi connectivity index (χ0) is 13.9. The fourth-order valence-electron chi connectivity index (χ4n) is 2.30. The standard InChI is InChI=1S/C13H17Br2NO2S/c14-10-5-4-6-11(9-10)19(17,18)16-13-8-3-1-2-7-12(13)15/h4-6,9,12-13,16H,1-3,7-8H2. The van der Waals surface area contributed by atoms with Crippen LogP contribution in [0.4, 0.5) is 0 Å². The molecule has 19 heavy (non-hydrogen) atoms. The summed E-state index contributed by atoms with van der Waals surface area (Å²) in [5.74, 6) is 0. The van der Waals surface area contributed by atoms with Crippen LogP contribution in [0, 0.1) is 0 Å². The first kappa shape index (κ1) is 15.5. The second-order valence-electron chi connectivity index (χ2n) is 4.84. The molecule has 1 N–H and O–H groups in total. The Hall–Kier alpha value is 0.0900. The van der Waals surface area contributed by atoms with Crippen molar-refractivity contribution in [2.75, 3.05) is 0 Å². The van der Waals surface area contributed by atoms with Gasteiger partial charge < -0.3 is 0 Å². The van der Waals surface area contributed by atoms with E-state index in [1.165, 1.54) is 6.42 Å². The van der Waals surface area contributed by atoms with Gasteiger partial charge in [0.1, 0.15) is 0 Å². The number of hydrogen-bond acceptors (Lipinski definition) is 2. The molecule has 0 radical (unpaired) electrons. The first-order valence-corrected chi connectivity index (χ1v) is 9.60. The molecule has 1 saturated carbocycles. The summed E-state index contributed by atoms with van der Waals surface area (Å²) < 4.78 is 28.3. The van der Waals surface area contributed by atoms with E-state index >= 15 is 0 Å². The van der Waals surface area contributed by atoms with Crippen LogP contribution in [-0.2, 0) is 10.0 Å². The minimum Gasteiger partial charge on any atom is -0.207 e. The van der Waals surface area contributed by atoms with Crippen LogP contribution < -0.4 is 4.72 Å². The second kappa shape index (κ2) is 6.70. The summed E-state index contributed by atoms with van der Waals surface area (Å²) in [6.07, 6.45) is 5.32. The molecule has 6 heteroatoms. The van der Waals surface area contributed by atoms with Gasteiger partial charge in [-0.3, -0.25) is 0 Å². The molecule has 0 amide bonds. The van der Waals surface area contributed by atoms with Gasteiger partial charge in [-0.05, 0) is 31.0 Å². The zero-order valence-electron chi connectivity index (χ0n) is 10.5. The Morgan fingerprint density at radius 3 is 2.63 bits per heavy atom. The third-order valence-corrected chi connectivity index (χ3v) is 6.42. The summed E-state index contributed by atoms with van der Waals surface area (Å²) in [6, 6.07) is 6.77. The Balaban J connectivity index is 2.16. The molecule has 2 unspecified atom stereocenters. The average molecular weight is 411 g/mol. The Morgan fingerprint density at radius 1 is 1.16 bits per heavy atom. The highest BCUT2D eigenvalue weighted by Crippen LogP contribution is 2.25. The van der Waals surface area contributed by atoms with Crippen LogP contribution in [0.1, 0.15) is 32.1 Å². The van der Waals surface area contributed by atoms with E-state index in [1.807, 2.05) is 6.07 Å². The van der Waals surface area contributed by atoms with Gasteiger partial charge in [0.05, 0.1) is 4.90 Å². The predicted molar refractivity (Wildman–Crippen MR) is 84.1 cm³/mol. The molecule has 0 aliphatic heterocycles. The molecule has 1 aliphatic rings. The van der Waals surface area contributed by atoms with Crippen LogP contribution in [0.3, 0.4) is 0 Å². The second-order valence-corrected chi connectivity index (χ2v) is 8.64. The van der Waals surface area contributed by atoms with Crippen molar-refractivity contribution < 1.29 is 8.42 Å². The lowest BCUT2D eigenvalue weighted by Gasteiger charge is -2.21. The van der Waals surface area contributed by atoms with Crippen LogP contribution in [0.2, 0.25) is 0 Å². The van der Waals surface area contributed by atoms with Crippen LogP contribution in [0.25, 0.3) is 0 Å². The molecule has 0 aromatic heterocycles. The van der Waals surface area contributed by atoms with Gasteiger partial charge in [-0.1, -0.05) is 57.2 Å². The van der Waals surface area contributed by atoms with Gasteiger partial charge in [-0.25, -0.2) is 13.1 Å². The molecule has 3 nitrogen and oxygen atoms in total. The maximum absolute atomic E-state index is 12.4. The first-order chi connectivity index (χ1) is 8.99. The molecule has 1 fully saturated rings. The molecule has 2 atom stereocenters. The van der Waals surface area contributed by atoms with Gasteiger partial charge in [-0.2, -0.15) is 0 Å². The van der Waals surface area contributed by atoms with Gasteiger partial charge in [-0.15, -0.1) is 0 Å². The van der Waals surface area contributed by atoms with Gasteiger partial charge in [0.2, 0.25) is 10.0 Å². The number of halogens is 2. The summed E-state index contributed by atoms with van der Waals surface area (Å²) in [6.45, 7) is 0. The van der Waals surface area contributed by atoms with E-state index < -0.39 is 10.0 Å². The van der Waals surface area contributed by atoms with E-state index in [2.05, 4.69) is 36.6 Å². The van der Waals surface area contributed by atoms with Crippen LogP contribution in [-0.4, -0.2) is 19.3 Å². The van der Waals surface area contributed by atoms with Crippen molar-refractivity contribution in [3.05, 3.63) is 28.7 Å². The van der Waals surface area contributed by atoms with Gasteiger partial charge in [0.25, 0.3) is 0 Å². The van der Waals surface area contributed by atoms with Crippen molar-refractivity contribution in [1.29, 1.82) is 0 Å². The maximum atomic E-state index is 12.4. The third kappa shape index (κ3) is 4.28. The number of rotatable bonds is 3. The number of benzene rings is 1. The Bertz CT molecular complexity index is 533. The number of sulfonamides is 1. The van der Waals surface area contributed by atoms with E-state index in [9.17, 15) is 8.42 Å². The molecule has 1 aromatic carbocycles. The van der Waals surface area contributed by atoms with Crippen LogP contribution in [0.15, 0.2) is 33.6 Å². The summed E-state index contributed by atoms with van der Waals surface area (Å²) in [5.41, 5.74) is 0. The lowest BCUT2D eigenvalue weighted by molar-refractivity contribution is 0.521. The molecule has 1 aromatic rings. The van der Waals surface area contributed by atoms with Crippen molar-refractivity contribution in [3.8, 4) is 0 Å². The van der Waals surface area contributed by atoms with Crippen LogP contribution in [0.5, 0.6) is 0 Å². The summed E-state index contributed by atoms with van der Waals surface area (Å²) >= 11 is 6.91. The molecular weight excluding hydrogens is 394 g/mol. The van der Waals surface area contributed by atoms with Gasteiger partial charge >= 0.3 is 0 Å². The molecular formula is C13H17Br2NO2S. The topological polar surface area (TPSA) is 46.2 Å². The highest BCUT2D eigenvalue weighted by molar-refractivity contribution is 9.10. The van der Waals surface area contributed by atoms with E-state index in [1.54, 1.807) is 18.2 Å². The molecule has 0 saturated heterocycles. The molecule has 0 spiro atoms. The summed E-state index contributed by atoms with van der Waals surface area (Å²) in [4.78, 5) is 0.530. The first-order valence-electron chi connectivity index (χ1n) is 6.41. The van der Waals surface area contributed by atoms with Gasteiger partial charge in [0.15, 0.2) is 0 Å². The normalized spacial score (nSPS) is 24.9. The zero-order valence-corrected chi connectivity index (χ0v) is 14.5. The largest absolute Gasteiger partial charge is 0.240 e. The van der Waals surface area contributed by atoms with Crippen LogP contribution >= 0.6 is 31.9 Å². The predicted octanol–water partition coefficient (Wildman–Crippen LogP) is 3.82. The molecule has 106 valence electrons. The highest BCUT2D eigenvalue weighted by atomic mass is 79.9. The Labute approximate surface area is 131 Å². The third-order valence-electron chi connectivity index (χ3n) is 3.34. The van der Waals surface area contributed by atoms with Crippen molar-refractivity contribution in [2.45, 2.75) is 47.9 Å². The van der Waals surface area contributed by atoms with E-state index in [0.29, 0.717) is 4.90 Å². The number of nitrogens with one attached hydrogen (secondary N) is 1. The van der Waals surface area contributed by atoms with E-state index in [-0.39, 0.29) is 10.9 Å². The molecule has 2 rings (SSSR count). The lowest BCUT2D eigenvalue weighted by atomic mass is 10.1. The molecule has 1 aliphatic carbocycles. The Morgan fingerprint density at radius 2 is 1.89 bits per heavy atom. The summed E-state index contributed by atoms with van der Waals surface area (Å²) in [7, 11) is -3.44. The minimum atomic E-state index is -3.44. The van der Waals surface area contributed by atoms with Crippen molar-refractivity contribution >= 4 is 41.9 Å². The van der Waals surface area contributed by atoms with Crippen molar-refractivity contribution in [2.24, 2.45) is 0 Å². The van der Waals surface area contributed by atoms with E-state index in [0.717, 1.165) is 30.2 Å². The summed E-state index contributed by atoms with van der Waals surface area (Å²) in [5, 5.41) is 0. The lowest BCUT2D eigenvalue weighted by Crippen LogP contribution is -2.40. The van der Waals surface area contributed by atoms with E-state index in [4.69, 9.17) is 0 Å². The fourth-order valence-corrected chi connectivity index (χ4v) is 5.10.